The quantitative estimate of drug-likeness (QED) is 0.444. The second kappa shape index (κ2) is 5.27. The van der Waals surface area contributed by atoms with Crippen molar-refractivity contribution >= 4 is 16.2 Å². The molecule has 1 heterocycles. The van der Waals surface area contributed by atoms with E-state index in [1.807, 2.05) is 17.7 Å². The van der Waals surface area contributed by atoms with Gasteiger partial charge in [-0.05, 0) is 18.9 Å². The van der Waals surface area contributed by atoms with Crippen LogP contribution in [0.15, 0.2) is 12.8 Å². The molecule has 0 saturated heterocycles. The molecule has 1 aromatic heterocycles. The molecule has 0 aliphatic carbocycles. The van der Waals surface area contributed by atoms with Crippen LogP contribution < -0.4 is 4.57 Å². The van der Waals surface area contributed by atoms with E-state index in [0.29, 0.717) is 19.4 Å². The maximum Gasteiger partial charge on any atom is 0.264 e. The van der Waals surface area contributed by atoms with Gasteiger partial charge in [0.25, 0.3) is 15.9 Å². The van der Waals surface area contributed by atoms with Gasteiger partial charge >= 0.3 is 0 Å². The minimum absolute atomic E-state index is 0.180. The van der Waals surface area contributed by atoms with Crippen LogP contribution in [0.5, 0.6) is 0 Å². The first-order valence-electron chi connectivity index (χ1n) is 5.09. The lowest BCUT2D eigenvalue weighted by Gasteiger charge is -2.00. The van der Waals surface area contributed by atoms with Crippen molar-refractivity contribution in [3.05, 3.63) is 24.3 Å². The first-order valence-corrected chi connectivity index (χ1v) is 6.70. The summed E-state index contributed by atoms with van der Waals surface area (Å²) in [6.45, 7) is 6.35. The standard InChI is InChI=1S/C10H16N2O3S/c1-3-10-8-11-9(2)12(10)6-4-5-7-16(13,14)15/h3,8H,1,4-7H2,2H3,(H,13,14,15)/p+1. The summed E-state index contributed by atoms with van der Waals surface area (Å²) in [5.74, 6) is 0.822. The van der Waals surface area contributed by atoms with Gasteiger partial charge in [0.05, 0.1) is 12.3 Å². The zero-order valence-electron chi connectivity index (χ0n) is 9.31. The molecule has 0 aliphatic heterocycles. The Morgan fingerprint density at radius 2 is 2.25 bits per heavy atom. The molecule has 2 N–H and O–H groups in total. The van der Waals surface area contributed by atoms with E-state index in [2.05, 4.69) is 11.6 Å². The molecule has 1 rings (SSSR count). The molecular weight excluding hydrogens is 228 g/mol. The number of imidazole rings is 1. The summed E-state index contributed by atoms with van der Waals surface area (Å²) < 4.78 is 31.6. The number of hydrogen-bond donors (Lipinski definition) is 2. The summed E-state index contributed by atoms with van der Waals surface area (Å²) in [7, 11) is -3.83. The molecule has 0 unspecified atom stereocenters. The van der Waals surface area contributed by atoms with Gasteiger partial charge < -0.3 is 0 Å². The summed E-state index contributed by atoms with van der Waals surface area (Å²) in [5, 5.41) is 0. The first-order chi connectivity index (χ1) is 7.44. The SMILES string of the molecule is C=Cc1c[nH]c(C)[n+]1CCCCS(=O)(=O)O. The molecule has 0 amide bonds. The number of aromatic nitrogens is 2. The highest BCUT2D eigenvalue weighted by Crippen LogP contribution is 1.99. The lowest BCUT2D eigenvalue weighted by molar-refractivity contribution is -0.703. The summed E-state index contributed by atoms with van der Waals surface area (Å²) >= 11 is 0. The van der Waals surface area contributed by atoms with Crippen LogP contribution in [-0.2, 0) is 16.7 Å². The number of rotatable bonds is 6. The summed E-state index contributed by atoms with van der Waals surface area (Å²) in [6, 6.07) is 0. The Bertz CT molecular complexity index is 462. The number of unbranched alkanes of at least 4 members (excludes halogenated alkanes) is 1. The molecular formula is C10H17N2O3S+. The van der Waals surface area contributed by atoms with Crippen molar-refractivity contribution in [2.75, 3.05) is 5.75 Å². The van der Waals surface area contributed by atoms with Crippen molar-refractivity contribution in [1.29, 1.82) is 0 Å². The second-order valence-corrected chi connectivity index (χ2v) is 5.22. The first kappa shape index (κ1) is 12.9. The van der Waals surface area contributed by atoms with Crippen molar-refractivity contribution in [2.24, 2.45) is 0 Å². The molecule has 0 spiro atoms. The van der Waals surface area contributed by atoms with Crippen LogP contribution in [0.1, 0.15) is 24.4 Å². The Morgan fingerprint density at radius 3 is 2.81 bits per heavy atom. The van der Waals surface area contributed by atoms with Crippen LogP contribution in [0.4, 0.5) is 0 Å². The fourth-order valence-electron chi connectivity index (χ4n) is 1.55. The van der Waals surface area contributed by atoms with E-state index in [-0.39, 0.29) is 5.75 Å². The largest absolute Gasteiger partial charge is 0.286 e. The fourth-order valence-corrected chi connectivity index (χ4v) is 2.12. The second-order valence-electron chi connectivity index (χ2n) is 3.65. The van der Waals surface area contributed by atoms with Crippen LogP contribution in [0.3, 0.4) is 0 Å². The number of H-pyrrole nitrogens is 1. The zero-order valence-corrected chi connectivity index (χ0v) is 10.1. The molecule has 0 bridgehead atoms. The topological polar surface area (TPSA) is 74.0 Å². The van der Waals surface area contributed by atoms with Gasteiger partial charge in [-0.25, -0.2) is 9.55 Å². The van der Waals surface area contributed by atoms with E-state index >= 15 is 0 Å². The van der Waals surface area contributed by atoms with Crippen LogP contribution in [-0.4, -0.2) is 23.7 Å². The molecule has 0 saturated carbocycles. The number of aromatic amines is 1. The van der Waals surface area contributed by atoms with Gasteiger partial charge in [0.1, 0.15) is 6.20 Å². The Labute approximate surface area is 95.6 Å². The Balaban J connectivity index is 2.49. The molecule has 6 heteroatoms. The lowest BCUT2D eigenvalue weighted by atomic mass is 10.3. The number of nitrogens with one attached hydrogen (secondary N) is 1. The molecule has 90 valence electrons. The predicted molar refractivity (Wildman–Crippen MR) is 61.5 cm³/mol. The van der Waals surface area contributed by atoms with E-state index in [9.17, 15) is 8.42 Å². The smallest absolute Gasteiger partial charge is 0.264 e. The molecule has 0 fully saturated rings. The van der Waals surface area contributed by atoms with Crippen molar-refractivity contribution in [1.82, 2.24) is 4.98 Å². The molecule has 0 aliphatic rings. The predicted octanol–water partition coefficient (Wildman–Crippen LogP) is 0.922. The van der Waals surface area contributed by atoms with E-state index in [0.717, 1.165) is 11.5 Å². The van der Waals surface area contributed by atoms with Gasteiger partial charge in [0, 0.05) is 6.92 Å². The molecule has 0 atom stereocenters. The zero-order chi connectivity index (χ0) is 12.2. The summed E-state index contributed by atoms with van der Waals surface area (Å²) in [5.41, 5.74) is 0.976. The van der Waals surface area contributed by atoms with Gasteiger partial charge in [0.2, 0.25) is 0 Å². The van der Waals surface area contributed by atoms with Crippen molar-refractivity contribution in [3.8, 4) is 0 Å². The van der Waals surface area contributed by atoms with Crippen molar-refractivity contribution in [3.63, 3.8) is 0 Å². The Morgan fingerprint density at radius 1 is 1.56 bits per heavy atom. The third kappa shape index (κ3) is 3.79. The summed E-state index contributed by atoms with van der Waals surface area (Å²) in [4.78, 5) is 3.07. The number of hydrogen-bond acceptors (Lipinski definition) is 2. The highest BCUT2D eigenvalue weighted by molar-refractivity contribution is 7.85. The van der Waals surface area contributed by atoms with E-state index in [4.69, 9.17) is 4.55 Å². The van der Waals surface area contributed by atoms with Crippen molar-refractivity contribution in [2.45, 2.75) is 26.3 Å². The number of nitrogens with zero attached hydrogens (tertiary/aromatic N) is 1. The molecule has 5 nitrogen and oxygen atoms in total. The minimum Gasteiger partial charge on any atom is -0.286 e. The molecule has 0 aromatic carbocycles. The van der Waals surface area contributed by atoms with E-state index in [1.54, 1.807) is 6.08 Å². The monoisotopic (exact) mass is 245 g/mol. The molecule has 0 radical (unpaired) electrons. The molecule has 16 heavy (non-hydrogen) atoms. The fraction of sp³-hybridized carbons (Fsp3) is 0.500. The molecule has 1 aromatic rings. The van der Waals surface area contributed by atoms with E-state index < -0.39 is 10.1 Å². The van der Waals surface area contributed by atoms with E-state index in [1.165, 1.54) is 0 Å². The minimum atomic E-state index is -3.83. The maximum absolute atomic E-state index is 10.5. The van der Waals surface area contributed by atoms with Gasteiger partial charge in [-0.15, -0.1) is 0 Å². The van der Waals surface area contributed by atoms with Crippen LogP contribution in [0.2, 0.25) is 0 Å². The maximum atomic E-state index is 10.5. The van der Waals surface area contributed by atoms with Crippen LogP contribution in [0.25, 0.3) is 6.08 Å². The average molecular weight is 245 g/mol. The van der Waals surface area contributed by atoms with Gasteiger partial charge in [-0.3, -0.25) is 4.55 Å². The van der Waals surface area contributed by atoms with Gasteiger partial charge in [-0.1, -0.05) is 6.58 Å². The highest BCUT2D eigenvalue weighted by Gasteiger charge is 2.11. The van der Waals surface area contributed by atoms with Crippen LogP contribution in [0, 0.1) is 6.92 Å². The highest BCUT2D eigenvalue weighted by atomic mass is 32.2. The van der Waals surface area contributed by atoms with Crippen LogP contribution >= 0.6 is 0 Å². The lowest BCUT2D eigenvalue weighted by Crippen LogP contribution is -2.37. The Kier molecular flexibility index (Phi) is 4.26. The van der Waals surface area contributed by atoms with Gasteiger partial charge in [0.15, 0.2) is 5.69 Å². The summed E-state index contributed by atoms with van der Waals surface area (Å²) in [6.07, 6.45) is 4.74. The number of aryl methyl sites for hydroxylation is 1. The third-order valence-electron chi connectivity index (χ3n) is 2.39. The van der Waals surface area contributed by atoms with Crippen molar-refractivity contribution < 1.29 is 17.5 Å². The Hall–Kier alpha value is -1.14. The normalized spacial score (nSPS) is 11.6. The van der Waals surface area contributed by atoms with Gasteiger partial charge in [-0.2, -0.15) is 8.42 Å². The average Bonchev–Trinajstić information content (AvgIpc) is 2.53. The third-order valence-corrected chi connectivity index (χ3v) is 3.19.